The molecule has 0 spiro atoms. The van der Waals surface area contributed by atoms with Crippen molar-refractivity contribution < 1.29 is 9.47 Å². The number of hydrogen-bond acceptors (Lipinski definition) is 2. The minimum absolute atomic E-state index is 0.127. The van der Waals surface area contributed by atoms with E-state index in [1.807, 2.05) is 6.07 Å². The molecule has 29 heavy (non-hydrogen) atoms. The Morgan fingerprint density at radius 3 is 1.86 bits per heavy atom. The van der Waals surface area contributed by atoms with Gasteiger partial charge < -0.3 is 9.47 Å². The summed E-state index contributed by atoms with van der Waals surface area (Å²) in [4.78, 5) is 0. The first-order valence-electron chi connectivity index (χ1n) is 11.6. The van der Waals surface area contributed by atoms with Crippen molar-refractivity contribution in [2.75, 3.05) is 14.2 Å². The Morgan fingerprint density at radius 1 is 0.793 bits per heavy atom. The Kier molecular flexibility index (Phi) is 7.14. The van der Waals surface area contributed by atoms with Crippen LogP contribution in [0.5, 0.6) is 11.5 Å². The molecule has 2 nitrogen and oxygen atoms in total. The van der Waals surface area contributed by atoms with Crippen LogP contribution < -0.4 is 9.47 Å². The van der Waals surface area contributed by atoms with Gasteiger partial charge in [0.25, 0.3) is 0 Å². The standard InChI is InChI=1S/C26H36O2P/c1-27-23-17-11-18-24(28-2)26(23)22-16-9-10-19-25(22)29(20-12-5-3-6-13-20)21-14-7-4-8-15-21/h9-11,16-18,20-21H,3-8,12-15,19H2,1-2H3/q+1. The Morgan fingerprint density at radius 2 is 1.34 bits per heavy atom. The van der Waals surface area contributed by atoms with Crippen LogP contribution in [-0.4, -0.2) is 30.8 Å². The highest BCUT2D eigenvalue weighted by Crippen LogP contribution is 2.53. The van der Waals surface area contributed by atoms with Gasteiger partial charge in [-0.05, 0) is 63.5 Å². The maximum Gasteiger partial charge on any atom is 0.133 e. The van der Waals surface area contributed by atoms with Crippen molar-refractivity contribution in [3.05, 3.63) is 42.0 Å². The Bertz CT molecular complexity index is 751. The second kappa shape index (κ2) is 9.98. The van der Waals surface area contributed by atoms with Crippen LogP contribution in [-0.2, 0) is 0 Å². The topological polar surface area (TPSA) is 18.5 Å². The average Bonchev–Trinajstić information content (AvgIpc) is 2.80. The summed E-state index contributed by atoms with van der Waals surface area (Å²) in [7, 11) is 3.43. The van der Waals surface area contributed by atoms with Crippen molar-refractivity contribution in [2.45, 2.75) is 81.9 Å². The van der Waals surface area contributed by atoms with E-state index in [1.165, 1.54) is 69.8 Å². The fraction of sp³-hybridized carbons (Fsp3) is 0.577. The summed E-state index contributed by atoms with van der Waals surface area (Å²) in [6.07, 6.45) is 22.4. The van der Waals surface area contributed by atoms with Crippen LogP contribution in [0, 0.1) is 0 Å². The number of rotatable bonds is 5. The summed E-state index contributed by atoms with van der Waals surface area (Å²) in [5.41, 5.74) is 4.37. The smallest absolute Gasteiger partial charge is 0.133 e. The van der Waals surface area contributed by atoms with Gasteiger partial charge in [0.05, 0.1) is 19.8 Å². The second-order valence-corrected chi connectivity index (χ2v) is 11.5. The number of hydrogen-bond donors (Lipinski definition) is 0. The van der Waals surface area contributed by atoms with Crippen LogP contribution in [0.1, 0.15) is 76.2 Å². The highest BCUT2D eigenvalue weighted by molar-refractivity contribution is 7.61. The number of benzene rings is 1. The molecular weight excluding hydrogens is 375 g/mol. The van der Waals surface area contributed by atoms with E-state index in [9.17, 15) is 0 Å². The monoisotopic (exact) mass is 411 g/mol. The molecule has 4 rings (SSSR count). The largest absolute Gasteiger partial charge is 0.496 e. The van der Waals surface area contributed by atoms with Crippen LogP contribution in [0.4, 0.5) is 0 Å². The van der Waals surface area contributed by atoms with E-state index in [0.29, 0.717) is 0 Å². The molecule has 2 saturated carbocycles. The van der Waals surface area contributed by atoms with Crippen LogP contribution in [0.25, 0.3) is 5.57 Å². The van der Waals surface area contributed by atoms with Crippen molar-refractivity contribution in [3.63, 3.8) is 0 Å². The van der Waals surface area contributed by atoms with Gasteiger partial charge in [-0.3, -0.25) is 0 Å². The summed E-state index contributed by atoms with van der Waals surface area (Å²) in [5.74, 6) is 1.87. The molecule has 0 saturated heterocycles. The molecular formula is C26H36O2P+. The quantitative estimate of drug-likeness (QED) is 0.471. The Labute approximate surface area is 177 Å². The molecule has 0 heterocycles. The molecule has 0 radical (unpaired) electrons. The van der Waals surface area contributed by atoms with E-state index in [4.69, 9.17) is 9.47 Å². The lowest BCUT2D eigenvalue weighted by molar-refractivity contribution is 0.392. The molecule has 2 fully saturated rings. The predicted octanol–water partition coefficient (Wildman–Crippen LogP) is 7.37. The zero-order valence-electron chi connectivity index (χ0n) is 18.2. The van der Waals surface area contributed by atoms with Gasteiger partial charge in [0, 0.05) is 12.0 Å². The third kappa shape index (κ3) is 4.48. The molecule has 0 aromatic heterocycles. The van der Waals surface area contributed by atoms with Gasteiger partial charge in [-0.25, -0.2) is 0 Å². The van der Waals surface area contributed by atoms with E-state index in [-0.39, 0.29) is 7.55 Å². The summed E-state index contributed by atoms with van der Waals surface area (Å²) in [6, 6.07) is 6.20. The Balaban J connectivity index is 1.85. The number of allylic oxidation sites excluding steroid dienone is 4. The van der Waals surface area contributed by atoms with Crippen molar-refractivity contribution >= 4 is 18.4 Å². The minimum atomic E-state index is -0.127. The molecule has 156 valence electrons. The first kappa shape index (κ1) is 20.7. The zero-order chi connectivity index (χ0) is 20.1. The van der Waals surface area contributed by atoms with Crippen molar-refractivity contribution in [2.24, 2.45) is 0 Å². The lowest BCUT2D eigenvalue weighted by Gasteiger charge is -2.27. The first-order valence-corrected chi connectivity index (χ1v) is 13.0. The average molecular weight is 412 g/mol. The van der Waals surface area contributed by atoms with Crippen LogP contribution in [0.15, 0.2) is 36.4 Å². The Hall–Kier alpha value is -1.53. The van der Waals surface area contributed by atoms with Gasteiger partial charge in [0.15, 0.2) is 0 Å². The molecule has 3 heteroatoms. The summed E-state index contributed by atoms with van der Waals surface area (Å²) in [6.45, 7) is 0. The molecule has 0 bridgehead atoms. The maximum atomic E-state index is 5.81. The molecule has 0 unspecified atom stereocenters. The van der Waals surface area contributed by atoms with Crippen molar-refractivity contribution in [1.82, 2.24) is 0 Å². The molecule has 0 aliphatic heterocycles. The lowest BCUT2D eigenvalue weighted by atomic mass is 9.95. The summed E-state index contributed by atoms with van der Waals surface area (Å²) >= 11 is 0. The molecule has 1 aromatic rings. The molecule has 0 atom stereocenters. The molecule has 3 aliphatic carbocycles. The van der Waals surface area contributed by atoms with Gasteiger partial charge >= 0.3 is 0 Å². The molecule has 3 aliphatic rings. The number of ether oxygens (including phenoxy) is 2. The van der Waals surface area contributed by atoms with Gasteiger partial charge in [0.1, 0.15) is 35.7 Å². The van der Waals surface area contributed by atoms with E-state index >= 15 is 0 Å². The van der Waals surface area contributed by atoms with E-state index < -0.39 is 0 Å². The second-order valence-electron chi connectivity index (χ2n) is 8.69. The summed E-state index contributed by atoms with van der Waals surface area (Å²) in [5, 5.41) is 1.71. The van der Waals surface area contributed by atoms with E-state index in [2.05, 4.69) is 30.4 Å². The fourth-order valence-electron chi connectivity index (χ4n) is 5.60. The lowest BCUT2D eigenvalue weighted by Crippen LogP contribution is -2.22. The fourth-order valence-corrected chi connectivity index (χ4v) is 9.70. The molecule has 0 amide bonds. The third-order valence-electron chi connectivity index (χ3n) is 6.97. The van der Waals surface area contributed by atoms with E-state index in [1.54, 1.807) is 19.5 Å². The SMILES string of the molecule is COc1cccc(OC)c1C1=CC=CCC1=[P+](C1CCCCC1)C1CCCCC1. The minimum Gasteiger partial charge on any atom is -0.496 e. The van der Waals surface area contributed by atoms with Crippen LogP contribution in [0.2, 0.25) is 0 Å². The van der Waals surface area contributed by atoms with Gasteiger partial charge in [-0.15, -0.1) is 0 Å². The number of methoxy groups -OCH3 is 2. The van der Waals surface area contributed by atoms with Gasteiger partial charge in [-0.1, -0.05) is 37.1 Å². The van der Waals surface area contributed by atoms with Crippen LogP contribution in [0.3, 0.4) is 0 Å². The normalized spacial score (nSPS) is 21.0. The molecule has 0 N–H and O–H groups in total. The zero-order valence-corrected chi connectivity index (χ0v) is 19.1. The first-order chi connectivity index (χ1) is 14.3. The van der Waals surface area contributed by atoms with Crippen molar-refractivity contribution in [1.29, 1.82) is 0 Å². The van der Waals surface area contributed by atoms with E-state index in [0.717, 1.165) is 34.8 Å². The van der Waals surface area contributed by atoms with Gasteiger partial charge in [0.2, 0.25) is 0 Å². The molecule has 1 aromatic carbocycles. The third-order valence-corrected chi connectivity index (χ3v) is 10.6. The maximum absolute atomic E-state index is 5.81. The summed E-state index contributed by atoms with van der Waals surface area (Å²) < 4.78 is 11.6. The van der Waals surface area contributed by atoms with Gasteiger partial charge in [-0.2, -0.15) is 0 Å². The predicted molar refractivity (Wildman–Crippen MR) is 127 cm³/mol. The highest BCUT2D eigenvalue weighted by atomic mass is 31.1. The van der Waals surface area contributed by atoms with Crippen molar-refractivity contribution in [3.8, 4) is 11.5 Å². The highest BCUT2D eigenvalue weighted by Gasteiger charge is 2.40. The van der Waals surface area contributed by atoms with Crippen LogP contribution >= 0.6 is 7.55 Å².